The summed E-state index contributed by atoms with van der Waals surface area (Å²) in [4.78, 5) is 2.18. The first-order valence-corrected chi connectivity index (χ1v) is 5.37. The van der Waals surface area contributed by atoms with Gasteiger partial charge in [-0.1, -0.05) is 24.3 Å². The van der Waals surface area contributed by atoms with Crippen molar-refractivity contribution in [1.29, 1.82) is 0 Å². The number of nitrogens with two attached hydrogens (primary N) is 1. The molecule has 2 atom stereocenters. The lowest BCUT2D eigenvalue weighted by Gasteiger charge is -2.36. The maximum Gasteiger partial charge on any atom is 0.0820 e. The van der Waals surface area contributed by atoms with Crippen molar-refractivity contribution in [3.63, 3.8) is 0 Å². The van der Waals surface area contributed by atoms with Crippen molar-refractivity contribution >= 4 is 0 Å². The third kappa shape index (κ3) is 2.04. The number of rotatable bonds is 2. The lowest BCUT2D eigenvalue weighted by atomic mass is 9.91. The topological polar surface area (TPSA) is 49.5 Å². The van der Waals surface area contributed by atoms with Gasteiger partial charge in [-0.15, -0.1) is 0 Å². The molecule has 0 aliphatic carbocycles. The van der Waals surface area contributed by atoms with Crippen molar-refractivity contribution in [2.24, 2.45) is 5.73 Å². The van der Waals surface area contributed by atoms with Crippen LogP contribution in [0.15, 0.2) is 24.3 Å². The Labute approximate surface area is 90.5 Å². The fourth-order valence-electron chi connectivity index (χ4n) is 2.26. The van der Waals surface area contributed by atoms with Crippen molar-refractivity contribution < 1.29 is 5.11 Å². The Bertz CT molecular complexity index is 340. The summed E-state index contributed by atoms with van der Waals surface area (Å²) >= 11 is 0. The zero-order chi connectivity index (χ0) is 10.8. The van der Waals surface area contributed by atoms with Gasteiger partial charge in [0.15, 0.2) is 0 Å². The number of aliphatic hydroxyl groups is 1. The van der Waals surface area contributed by atoms with E-state index in [9.17, 15) is 5.11 Å². The summed E-state index contributed by atoms with van der Waals surface area (Å²) in [5, 5.41) is 9.81. The van der Waals surface area contributed by atoms with Crippen molar-refractivity contribution in [1.82, 2.24) is 4.90 Å². The van der Waals surface area contributed by atoms with E-state index < -0.39 is 6.10 Å². The average molecular weight is 206 g/mol. The number of likely N-dealkylation sites (N-methyl/N-ethyl adjacent to an activating group) is 1. The molecule has 0 amide bonds. The van der Waals surface area contributed by atoms with Gasteiger partial charge < -0.3 is 10.8 Å². The summed E-state index contributed by atoms with van der Waals surface area (Å²) in [5.41, 5.74) is 8.21. The zero-order valence-corrected chi connectivity index (χ0v) is 9.06. The minimum atomic E-state index is -0.427. The molecule has 0 saturated carbocycles. The van der Waals surface area contributed by atoms with Gasteiger partial charge in [0, 0.05) is 19.1 Å². The summed E-state index contributed by atoms with van der Waals surface area (Å²) in [6.45, 7) is 1.23. The molecule has 82 valence electrons. The highest BCUT2D eigenvalue weighted by Gasteiger charge is 2.27. The van der Waals surface area contributed by atoms with Gasteiger partial charge in [0.2, 0.25) is 0 Å². The maximum atomic E-state index is 9.81. The normalized spacial score (nSPS) is 23.5. The summed E-state index contributed by atoms with van der Waals surface area (Å²) in [7, 11) is 2.04. The van der Waals surface area contributed by atoms with Crippen LogP contribution >= 0.6 is 0 Å². The molecule has 1 aromatic carbocycles. The molecule has 1 aliphatic rings. The molecule has 1 aromatic rings. The van der Waals surface area contributed by atoms with Gasteiger partial charge in [0.25, 0.3) is 0 Å². The van der Waals surface area contributed by atoms with E-state index in [4.69, 9.17) is 5.73 Å². The molecule has 15 heavy (non-hydrogen) atoms. The quantitative estimate of drug-likeness (QED) is 0.734. The Morgan fingerprint density at radius 2 is 2.13 bits per heavy atom. The highest BCUT2D eigenvalue weighted by atomic mass is 16.3. The van der Waals surface area contributed by atoms with Gasteiger partial charge in [0.05, 0.1) is 6.10 Å². The van der Waals surface area contributed by atoms with E-state index in [1.54, 1.807) is 0 Å². The van der Waals surface area contributed by atoms with Crippen LogP contribution in [0.1, 0.15) is 11.1 Å². The SMILES string of the molecule is CN1Cc2ccccc2C[C@H]1C(O)CN. The molecule has 0 spiro atoms. The molecule has 3 heteroatoms. The van der Waals surface area contributed by atoms with Crippen LogP contribution in [0.25, 0.3) is 0 Å². The number of hydrogen-bond donors (Lipinski definition) is 2. The molecule has 3 N–H and O–H groups in total. The highest BCUT2D eigenvalue weighted by Crippen LogP contribution is 2.23. The van der Waals surface area contributed by atoms with Gasteiger partial charge in [-0.25, -0.2) is 0 Å². The fourth-order valence-corrected chi connectivity index (χ4v) is 2.26. The van der Waals surface area contributed by atoms with Crippen LogP contribution in [-0.4, -0.2) is 35.7 Å². The number of aliphatic hydroxyl groups excluding tert-OH is 1. The first-order valence-electron chi connectivity index (χ1n) is 5.37. The zero-order valence-electron chi connectivity index (χ0n) is 9.06. The summed E-state index contributed by atoms with van der Waals surface area (Å²) < 4.78 is 0. The molecular formula is C12H18N2O. The fraction of sp³-hybridized carbons (Fsp3) is 0.500. The molecular weight excluding hydrogens is 188 g/mol. The Balaban J connectivity index is 2.22. The minimum Gasteiger partial charge on any atom is -0.390 e. The first kappa shape index (κ1) is 10.6. The molecule has 0 bridgehead atoms. The van der Waals surface area contributed by atoms with E-state index in [-0.39, 0.29) is 6.04 Å². The van der Waals surface area contributed by atoms with Crippen LogP contribution < -0.4 is 5.73 Å². The molecule has 0 aromatic heterocycles. The summed E-state index contributed by atoms with van der Waals surface area (Å²) in [6, 6.07) is 8.56. The van der Waals surface area contributed by atoms with Crippen molar-refractivity contribution in [2.45, 2.75) is 25.1 Å². The average Bonchev–Trinajstić information content (AvgIpc) is 2.27. The van der Waals surface area contributed by atoms with Crippen LogP contribution in [0.4, 0.5) is 0 Å². The van der Waals surface area contributed by atoms with Crippen LogP contribution in [0.5, 0.6) is 0 Å². The second-order valence-electron chi connectivity index (χ2n) is 4.26. The highest BCUT2D eigenvalue weighted by molar-refractivity contribution is 5.30. The van der Waals surface area contributed by atoms with E-state index >= 15 is 0 Å². The Morgan fingerprint density at radius 1 is 1.47 bits per heavy atom. The first-order chi connectivity index (χ1) is 7.22. The monoisotopic (exact) mass is 206 g/mol. The van der Waals surface area contributed by atoms with Gasteiger partial charge in [0.1, 0.15) is 0 Å². The van der Waals surface area contributed by atoms with E-state index in [1.165, 1.54) is 11.1 Å². The Hall–Kier alpha value is -0.900. The lowest BCUT2D eigenvalue weighted by molar-refractivity contribution is 0.0586. The van der Waals surface area contributed by atoms with Crippen molar-refractivity contribution in [2.75, 3.05) is 13.6 Å². The van der Waals surface area contributed by atoms with E-state index in [1.807, 2.05) is 7.05 Å². The third-order valence-electron chi connectivity index (χ3n) is 3.22. The van der Waals surface area contributed by atoms with Crippen LogP contribution in [0.2, 0.25) is 0 Å². The third-order valence-corrected chi connectivity index (χ3v) is 3.22. The Kier molecular flexibility index (Phi) is 3.05. The molecule has 1 heterocycles. The second-order valence-corrected chi connectivity index (χ2v) is 4.26. The number of fused-ring (bicyclic) bond motifs is 1. The molecule has 1 aliphatic heterocycles. The van der Waals surface area contributed by atoms with Crippen LogP contribution in [-0.2, 0) is 13.0 Å². The van der Waals surface area contributed by atoms with Gasteiger partial charge >= 0.3 is 0 Å². The van der Waals surface area contributed by atoms with Crippen molar-refractivity contribution in [3.8, 4) is 0 Å². The summed E-state index contributed by atoms with van der Waals surface area (Å²) in [6.07, 6.45) is 0.466. The predicted molar refractivity (Wildman–Crippen MR) is 60.5 cm³/mol. The molecule has 0 fully saturated rings. The molecule has 0 saturated heterocycles. The number of hydrogen-bond acceptors (Lipinski definition) is 3. The van der Waals surface area contributed by atoms with Crippen LogP contribution in [0.3, 0.4) is 0 Å². The summed E-state index contributed by atoms with van der Waals surface area (Å²) in [5.74, 6) is 0. The number of nitrogens with zero attached hydrogens (tertiary/aromatic N) is 1. The minimum absolute atomic E-state index is 0.157. The smallest absolute Gasteiger partial charge is 0.0820 e. The second kappa shape index (κ2) is 4.31. The van der Waals surface area contributed by atoms with Gasteiger partial charge in [-0.2, -0.15) is 0 Å². The molecule has 2 rings (SSSR count). The van der Waals surface area contributed by atoms with Gasteiger partial charge in [-0.05, 0) is 24.6 Å². The standard InChI is InChI=1S/C12H18N2O/c1-14-8-10-5-3-2-4-9(10)6-11(14)12(15)7-13/h2-5,11-12,15H,6-8,13H2,1H3/t11-,12?/m0/s1. The van der Waals surface area contributed by atoms with E-state index in [0.29, 0.717) is 6.54 Å². The maximum absolute atomic E-state index is 9.81. The Morgan fingerprint density at radius 3 is 2.80 bits per heavy atom. The lowest BCUT2D eigenvalue weighted by Crippen LogP contribution is -2.48. The predicted octanol–water partition coefficient (Wildman–Crippen LogP) is 0.363. The van der Waals surface area contributed by atoms with E-state index in [0.717, 1.165) is 13.0 Å². The molecule has 3 nitrogen and oxygen atoms in total. The van der Waals surface area contributed by atoms with Crippen LogP contribution in [0, 0.1) is 0 Å². The largest absolute Gasteiger partial charge is 0.390 e. The molecule has 0 radical (unpaired) electrons. The van der Waals surface area contributed by atoms with Gasteiger partial charge in [-0.3, -0.25) is 4.90 Å². The van der Waals surface area contributed by atoms with Crippen molar-refractivity contribution in [3.05, 3.63) is 35.4 Å². The molecule has 1 unspecified atom stereocenters. The number of benzene rings is 1. The van der Waals surface area contributed by atoms with E-state index in [2.05, 4.69) is 29.2 Å².